The number of amides is 1. The Balaban J connectivity index is 2.92. The second-order valence-electron chi connectivity index (χ2n) is 1.84. The fourth-order valence-corrected chi connectivity index (χ4v) is 1.30. The van der Waals surface area contributed by atoms with E-state index in [1.807, 2.05) is 6.92 Å². The summed E-state index contributed by atoms with van der Waals surface area (Å²) in [4.78, 5) is 11.2. The van der Waals surface area contributed by atoms with Gasteiger partial charge in [0.1, 0.15) is 4.88 Å². The highest BCUT2D eigenvalue weighted by molar-refractivity contribution is 7.07. The van der Waals surface area contributed by atoms with E-state index in [0.29, 0.717) is 17.0 Å². The van der Waals surface area contributed by atoms with Crippen LogP contribution < -0.4 is 5.48 Å². The van der Waals surface area contributed by atoms with Crippen LogP contribution in [0.1, 0.15) is 22.3 Å². The van der Waals surface area contributed by atoms with Crippen LogP contribution in [0.2, 0.25) is 0 Å². The number of rotatable bonds is 2. The van der Waals surface area contributed by atoms with Gasteiger partial charge < -0.3 is 0 Å². The van der Waals surface area contributed by atoms with Gasteiger partial charge in [0, 0.05) is 0 Å². The minimum Gasteiger partial charge on any atom is -0.288 e. The lowest BCUT2D eigenvalue weighted by molar-refractivity contribution is 0.0709. The Bertz CT molecular complexity index is 260. The smallest absolute Gasteiger partial charge is 0.288 e. The Morgan fingerprint density at radius 2 is 2.55 bits per heavy atom. The van der Waals surface area contributed by atoms with Gasteiger partial charge in [0.05, 0.1) is 5.69 Å². The average Bonchev–Trinajstić information content (AvgIpc) is 2.50. The van der Waals surface area contributed by atoms with Crippen LogP contribution in [0.3, 0.4) is 0 Å². The molecule has 1 amide bonds. The van der Waals surface area contributed by atoms with Crippen LogP contribution in [0, 0.1) is 0 Å². The van der Waals surface area contributed by atoms with E-state index in [2.05, 4.69) is 9.59 Å². The summed E-state index contributed by atoms with van der Waals surface area (Å²) >= 11 is 0.974. The van der Waals surface area contributed by atoms with Crippen molar-refractivity contribution in [1.29, 1.82) is 0 Å². The summed E-state index contributed by atoms with van der Waals surface area (Å²) in [6.07, 6.45) is 0.638. The lowest BCUT2D eigenvalue weighted by Crippen LogP contribution is -2.18. The molecule has 0 aliphatic carbocycles. The molecule has 1 aromatic rings. The van der Waals surface area contributed by atoms with Gasteiger partial charge in [0.15, 0.2) is 0 Å². The number of hydrogen-bond acceptors (Lipinski definition) is 5. The molecule has 11 heavy (non-hydrogen) atoms. The predicted octanol–water partition coefficient (Wildman–Crippen LogP) is 0.220. The highest BCUT2D eigenvalue weighted by atomic mass is 32.1. The third kappa shape index (κ3) is 1.52. The van der Waals surface area contributed by atoms with E-state index in [9.17, 15) is 4.79 Å². The van der Waals surface area contributed by atoms with E-state index in [-0.39, 0.29) is 0 Å². The molecule has 0 spiro atoms. The molecule has 5 nitrogen and oxygen atoms in total. The van der Waals surface area contributed by atoms with Crippen molar-refractivity contribution >= 4 is 17.4 Å². The number of carbonyl (C=O) groups excluding carboxylic acids is 1. The van der Waals surface area contributed by atoms with Gasteiger partial charge in [-0.15, -0.1) is 5.10 Å². The van der Waals surface area contributed by atoms with Crippen molar-refractivity contribution in [2.45, 2.75) is 13.3 Å². The maximum Gasteiger partial charge on any atom is 0.288 e. The average molecular weight is 173 g/mol. The van der Waals surface area contributed by atoms with Gasteiger partial charge in [-0.25, -0.2) is 5.48 Å². The summed E-state index contributed by atoms with van der Waals surface area (Å²) in [5, 5.41) is 12.0. The van der Waals surface area contributed by atoms with Crippen molar-refractivity contribution in [3.63, 3.8) is 0 Å². The van der Waals surface area contributed by atoms with E-state index >= 15 is 0 Å². The van der Waals surface area contributed by atoms with Crippen LogP contribution in [0.25, 0.3) is 0 Å². The molecular weight excluding hydrogens is 166 g/mol. The first-order chi connectivity index (χ1) is 5.29. The Morgan fingerprint density at radius 3 is 3.09 bits per heavy atom. The van der Waals surface area contributed by atoms with E-state index in [1.165, 1.54) is 5.48 Å². The van der Waals surface area contributed by atoms with Crippen molar-refractivity contribution in [3.8, 4) is 0 Å². The SMILES string of the molecule is CCc1nnsc1C(=O)NO. The molecule has 2 N–H and O–H groups in total. The van der Waals surface area contributed by atoms with Crippen LogP contribution in [-0.4, -0.2) is 20.7 Å². The third-order valence-corrected chi connectivity index (χ3v) is 1.97. The van der Waals surface area contributed by atoms with Gasteiger partial charge in [-0.05, 0) is 18.0 Å². The zero-order valence-electron chi connectivity index (χ0n) is 5.87. The Hall–Kier alpha value is -1.01. The van der Waals surface area contributed by atoms with E-state index in [1.54, 1.807) is 0 Å². The van der Waals surface area contributed by atoms with Gasteiger partial charge in [0.2, 0.25) is 0 Å². The second kappa shape index (κ2) is 3.40. The number of hydrogen-bond donors (Lipinski definition) is 2. The molecule has 1 aromatic heterocycles. The van der Waals surface area contributed by atoms with Crippen molar-refractivity contribution in [2.24, 2.45) is 0 Å². The van der Waals surface area contributed by atoms with E-state index in [0.717, 1.165) is 11.5 Å². The first-order valence-corrected chi connectivity index (χ1v) is 3.82. The summed E-state index contributed by atoms with van der Waals surface area (Å²) in [6.45, 7) is 1.87. The van der Waals surface area contributed by atoms with Crippen LogP contribution in [-0.2, 0) is 6.42 Å². The molecule has 1 heterocycles. The predicted molar refractivity (Wildman–Crippen MR) is 38.5 cm³/mol. The molecule has 0 fully saturated rings. The molecule has 0 saturated carbocycles. The molecule has 0 atom stereocenters. The summed E-state index contributed by atoms with van der Waals surface area (Å²) in [6, 6.07) is 0. The minimum atomic E-state index is -0.545. The lowest BCUT2D eigenvalue weighted by atomic mass is 10.3. The number of nitrogens with one attached hydrogen (secondary N) is 1. The number of hydroxylamine groups is 1. The molecule has 6 heteroatoms. The highest BCUT2D eigenvalue weighted by Gasteiger charge is 2.13. The summed E-state index contributed by atoms with van der Waals surface area (Å²) in [7, 11) is 0. The Morgan fingerprint density at radius 1 is 1.82 bits per heavy atom. The van der Waals surface area contributed by atoms with Gasteiger partial charge in [-0.1, -0.05) is 11.4 Å². The van der Waals surface area contributed by atoms with Crippen molar-refractivity contribution in [3.05, 3.63) is 10.6 Å². The standard InChI is InChI=1S/C5H7N3O2S/c1-2-3-4(5(9)7-10)11-8-6-3/h10H,2H2,1H3,(H,7,9). The molecule has 0 bridgehead atoms. The van der Waals surface area contributed by atoms with Crippen molar-refractivity contribution in [2.75, 3.05) is 0 Å². The molecule has 0 aromatic carbocycles. The van der Waals surface area contributed by atoms with Crippen molar-refractivity contribution < 1.29 is 10.0 Å². The van der Waals surface area contributed by atoms with Gasteiger partial charge in [0.25, 0.3) is 5.91 Å². The third-order valence-electron chi connectivity index (χ3n) is 1.20. The van der Waals surface area contributed by atoms with Crippen LogP contribution >= 0.6 is 11.5 Å². The van der Waals surface area contributed by atoms with E-state index in [4.69, 9.17) is 5.21 Å². The normalized spacial score (nSPS) is 9.64. The van der Waals surface area contributed by atoms with Gasteiger partial charge in [-0.2, -0.15) is 0 Å². The fourth-order valence-electron chi connectivity index (χ4n) is 0.663. The highest BCUT2D eigenvalue weighted by Crippen LogP contribution is 2.09. The molecular formula is C5H7N3O2S. The molecule has 0 radical (unpaired) electrons. The topological polar surface area (TPSA) is 75.1 Å². The monoisotopic (exact) mass is 173 g/mol. The van der Waals surface area contributed by atoms with Gasteiger partial charge in [-0.3, -0.25) is 10.0 Å². The summed E-state index contributed by atoms with van der Waals surface area (Å²) < 4.78 is 3.58. The van der Waals surface area contributed by atoms with Crippen LogP contribution in [0.4, 0.5) is 0 Å². The summed E-state index contributed by atoms with van der Waals surface area (Å²) in [5.41, 5.74) is 2.15. The van der Waals surface area contributed by atoms with Crippen LogP contribution in [0.5, 0.6) is 0 Å². The number of aromatic nitrogens is 2. The molecule has 1 rings (SSSR count). The van der Waals surface area contributed by atoms with Gasteiger partial charge >= 0.3 is 0 Å². The quantitative estimate of drug-likeness (QED) is 0.495. The Labute approximate surface area is 67.2 Å². The van der Waals surface area contributed by atoms with E-state index < -0.39 is 5.91 Å². The first-order valence-electron chi connectivity index (χ1n) is 3.05. The van der Waals surface area contributed by atoms with Crippen molar-refractivity contribution in [1.82, 2.24) is 15.1 Å². The number of aryl methyl sites for hydroxylation is 1. The molecule has 0 aliphatic heterocycles. The molecule has 60 valence electrons. The summed E-state index contributed by atoms with van der Waals surface area (Å²) in [5.74, 6) is -0.545. The second-order valence-corrected chi connectivity index (χ2v) is 2.60. The molecule has 0 saturated heterocycles. The maximum absolute atomic E-state index is 10.8. The minimum absolute atomic E-state index is 0.370. The number of carbonyl (C=O) groups is 1. The number of nitrogens with zero attached hydrogens (tertiary/aromatic N) is 2. The fraction of sp³-hybridized carbons (Fsp3) is 0.400. The maximum atomic E-state index is 10.8. The first kappa shape index (κ1) is 8.09. The zero-order chi connectivity index (χ0) is 8.27. The molecule has 0 unspecified atom stereocenters. The van der Waals surface area contributed by atoms with Crippen LogP contribution in [0.15, 0.2) is 0 Å². The lowest BCUT2D eigenvalue weighted by Gasteiger charge is -1.93. The Kier molecular flexibility index (Phi) is 2.50. The largest absolute Gasteiger partial charge is 0.288 e. The zero-order valence-corrected chi connectivity index (χ0v) is 6.68. The molecule has 0 aliphatic rings.